The highest BCUT2D eigenvalue weighted by molar-refractivity contribution is 5.48. The second-order valence-electron chi connectivity index (χ2n) is 4.73. The molecule has 2 heteroatoms. The summed E-state index contributed by atoms with van der Waals surface area (Å²) in [5, 5.41) is 3.47. The van der Waals surface area contributed by atoms with Crippen molar-refractivity contribution < 1.29 is 4.74 Å². The lowest BCUT2D eigenvalue weighted by Crippen LogP contribution is -2.12. The molecule has 16 heavy (non-hydrogen) atoms. The molecule has 1 heterocycles. The fraction of sp³-hybridized carbons (Fsp3) is 0.571. The molecule has 1 unspecified atom stereocenters. The summed E-state index contributed by atoms with van der Waals surface area (Å²) in [5.74, 6) is 0. The summed E-state index contributed by atoms with van der Waals surface area (Å²) in [4.78, 5) is 0. The predicted molar refractivity (Wildman–Crippen MR) is 68.0 cm³/mol. The quantitative estimate of drug-likeness (QED) is 0.839. The van der Waals surface area contributed by atoms with Crippen molar-refractivity contribution in [3.8, 4) is 0 Å². The lowest BCUT2D eigenvalue weighted by molar-refractivity contribution is 0.107. The Morgan fingerprint density at radius 3 is 2.62 bits per heavy atom. The normalized spacial score (nSPS) is 20.0. The molecule has 0 bridgehead atoms. The van der Waals surface area contributed by atoms with E-state index in [1.165, 1.54) is 29.7 Å². The average molecular weight is 219 g/mol. The van der Waals surface area contributed by atoms with Crippen LogP contribution in [0.3, 0.4) is 0 Å². The molecule has 1 N–H and O–H groups in total. The SMILES string of the molecule is Cc1cc(C)cc(NCCC2CCCO2)c1. The van der Waals surface area contributed by atoms with Crippen LogP contribution in [0.1, 0.15) is 30.4 Å². The molecule has 0 amide bonds. The van der Waals surface area contributed by atoms with Crippen LogP contribution in [0.15, 0.2) is 18.2 Å². The number of rotatable bonds is 4. The van der Waals surface area contributed by atoms with E-state index >= 15 is 0 Å². The van der Waals surface area contributed by atoms with Gasteiger partial charge in [-0.2, -0.15) is 0 Å². The number of anilines is 1. The van der Waals surface area contributed by atoms with Gasteiger partial charge in [0.2, 0.25) is 0 Å². The molecular weight excluding hydrogens is 198 g/mol. The van der Waals surface area contributed by atoms with E-state index in [1.54, 1.807) is 0 Å². The van der Waals surface area contributed by atoms with Crippen molar-refractivity contribution in [2.24, 2.45) is 0 Å². The topological polar surface area (TPSA) is 21.3 Å². The summed E-state index contributed by atoms with van der Waals surface area (Å²) in [7, 11) is 0. The maximum atomic E-state index is 5.60. The van der Waals surface area contributed by atoms with Gasteiger partial charge in [-0.25, -0.2) is 0 Å². The van der Waals surface area contributed by atoms with Crippen LogP contribution < -0.4 is 5.32 Å². The Balaban J connectivity index is 1.80. The van der Waals surface area contributed by atoms with Gasteiger partial charge in [0, 0.05) is 18.8 Å². The van der Waals surface area contributed by atoms with Gasteiger partial charge < -0.3 is 10.1 Å². The molecule has 1 aliphatic rings. The molecular formula is C14H21NO. The van der Waals surface area contributed by atoms with Gasteiger partial charge in [-0.15, -0.1) is 0 Å². The van der Waals surface area contributed by atoms with Gasteiger partial charge in [-0.3, -0.25) is 0 Å². The first kappa shape index (κ1) is 11.5. The van der Waals surface area contributed by atoms with Crippen LogP contribution in [-0.4, -0.2) is 19.3 Å². The molecule has 2 rings (SSSR count). The fourth-order valence-electron chi connectivity index (χ4n) is 2.33. The molecule has 0 spiro atoms. The van der Waals surface area contributed by atoms with Crippen LogP contribution in [0.25, 0.3) is 0 Å². The van der Waals surface area contributed by atoms with Crippen molar-refractivity contribution >= 4 is 5.69 Å². The minimum atomic E-state index is 0.485. The lowest BCUT2D eigenvalue weighted by atomic mass is 10.1. The first-order chi connectivity index (χ1) is 7.74. The van der Waals surface area contributed by atoms with E-state index in [1.807, 2.05) is 0 Å². The van der Waals surface area contributed by atoms with Gasteiger partial charge in [-0.05, 0) is 56.4 Å². The highest BCUT2D eigenvalue weighted by atomic mass is 16.5. The Labute approximate surface area is 98.0 Å². The summed E-state index contributed by atoms with van der Waals surface area (Å²) in [6, 6.07) is 6.59. The van der Waals surface area contributed by atoms with Gasteiger partial charge in [0.05, 0.1) is 6.10 Å². The Bertz CT molecular complexity index is 322. The van der Waals surface area contributed by atoms with Crippen molar-refractivity contribution in [3.63, 3.8) is 0 Å². The highest BCUT2D eigenvalue weighted by Crippen LogP contribution is 2.17. The average Bonchev–Trinajstić information content (AvgIpc) is 2.69. The van der Waals surface area contributed by atoms with Crippen molar-refractivity contribution in [2.75, 3.05) is 18.5 Å². The maximum absolute atomic E-state index is 5.60. The van der Waals surface area contributed by atoms with Gasteiger partial charge in [-0.1, -0.05) is 6.07 Å². The number of nitrogens with one attached hydrogen (secondary N) is 1. The smallest absolute Gasteiger partial charge is 0.0592 e. The standard InChI is InChI=1S/C14H21NO/c1-11-8-12(2)10-13(9-11)15-6-5-14-4-3-7-16-14/h8-10,14-15H,3-7H2,1-2H3. The summed E-state index contributed by atoms with van der Waals surface area (Å²) >= 11 is 0. The molecule has 1 aliphatic heterocycles. The van der Waals surface area contributed by atoms with E-state index in [0.717, 1.165) is 19.6 Å². The van der Waals surface area contributed by atoms with Crippen LogP contribution >= 0.6 is 0 Å². The summed E-state index contributed by atoms with van der Waals surface area (Å²) < 4.78 is 5.60. The molecule has 88 valence electrons. The molecule has 1 atom stereocenters. The molecule has 0 saturated carbocycles. The molecule has 0 radical (unpaired) electrons. The number of benzene rings is 1. The first-order valence-corrected chi connectivity index (χ1v) is 6.18. The number of hydrogen-bond donors (Lipinski definition) is 1. The van der Waals surface area contributed by atoms with Crippen molar-refractivity contribution in [1.82, 2.24) is 0 Å². The maximum Gasteiger partial charge on any atom is 0.0592 e. The number of aryl methyl sites for hydroxylation is 2. The fourth-order valence-corrected chi connectivity index (χ4v) is 2.33. The lowest BCUT2D eigenvalue weighted by Gasteiger charge is -2.12. The van der Waals surface area contributed by atoms with Crippen molar-refractivity contribution in [3.05, 3.63) is 29.3 Å². The Hall–Kier alpha value is -1.02. The van der Waals surface area contributed by atoms with E-state index in [2.05, 4.69) is 37.4 Å². The van der Waals surface area contributed by atoms with Crippen LogP contribution in [0.4, 0.5) is 5.69 Å². The summed E-state index contributed by atoms with van der Waals surface area (Å²) in [6.45, 7) is 6.23. The molecule has 1 saturated heterocycles. The number of hydrogen-bond acceptors (Lipinski definition) is 2. The molecule has 1 aromatic carbocycles. The monoisotopic (exact) mass is 219 g/mol. The third-order valence-electron chi connectivity index (χ3n) is 3.04. The first-order valence-electron chi connectivity index (χ1n) is 6.18. The van der Waals surface area contributed by atoms with Gasteiger partial charge in [0.1, 0.15) is 0 Å². The molecule has 1 fully saturated rings. The summed E-state index contributed by atoms with van der Waals surface area (Å²) in [5.41, 5.74) is 3.87. The molecule has 0 aromatic heterocycles. The zero-order valence-electron chi connectivity index (χ0n) is 10.3. The molecule has 1 aromatic rings. The van der Waals surface area contributed by atoms with Gasteiger partial charge in [0.25, 0.3) is 0 Å². The second kappa shape index (κ2) is 5.35. The van der Waals surface area contributed by atoms with Crippen LogP contribution in [0.5, 0.6) is 0 Å². The van der Waals surface area contributed by atoms with E-state index in [-0.39, 0.29) is 0 Å². The van der Waals surface area contributed by atoms with Gasteiger partial charge >= 0.3 is 0 Å². The zero-order valence-corrected chi connectivity index (χ0v) is 10.3. The second-order valence-corrected chi connectivity index (χ2v) is 4.73. The summed E-state index contributed by atoms with van der Waals surface area (Å²) in [6.07, 6.45) is 4.06. The Kier molecular flexibility index (Phi) is 3.83. The minimum Gasteiger partial charge on any atom is -0.385 e. The van der Waals surface area contributed by atoms with E-state index in [9.17, 15) is 0 Å². The largest absolute Gasteiger partial charge is 0.385 e. The van der Waals surface area contributed by atoms with Crippen molar-refractivity contribution in [1.29, 1.82) is 0 Å². The van der Waals surface area contributed by atoms with Crippen LogP contribution in [0, 0.1) is 13.8 Å². The predicted octanol–water partition coefficient (Wildman–Crippen LogP) is 3.28. The van der Waals surface area contributed by atoms with E-state index < -0.39 is 0 Å². The van der Waals surface area contributed by atoms with E-state index in [4.69, 9.17) is 4.74 Å². The molecule has 2 nitrogen and oxygen atoms in total. The van der Waals surface area contributed by atoms with Gasteiger partial charge in [0.15, 0.2) is 0 Å². The van der Waals surface area contributed by atoms with Crippen molar-refractivity contribution in [2.45, 2.75) is 39.2 Å². The Morgan fingerprint density at radius 1 is 1.25 bits per heavy atom. The molecule has 0 aliphatic carbocycles. The zero-order chi connectivity index (χ0) is 11.4. The third-order valence-corrected chi connectivity index (χ3v) is 3.04. The third kappa shape index (κ3) is 3.24. The van der Waals surface area contributed by atoms with Crippen LogP contribution in [0.2, 0.25) is 0 Å². The number of ether oxygens (including phenoxy) is 1. The minimum absolute atomic E-state index is 0.485. The van der Waals surface area contributed by atoms with E-state index in [0.29, 0.717) is 6.10 Å². The highest BCUT2D eigenvalue weighted by Gasteiger charge is 2.14. The Morgan fingerprint density at radius 2 is 2.00 bits per heavy atom. The van der Waals surface area contributed by atoms with Crippen LogP contribution in [-0.2, 0) is 4.74 Å².